The van der Waals surface area contributed by atoms with Crippen LogP contribution in [0.2, 0.25) is 0 Å². The molecule has 3 N–H and O–H groups in total. The van der Waals surface area contributed by atoms with Crippen LogP contribution >= 0.6 is 0 Å². The van der Waals surface area contributed by atoms with Gasteiger partial charge in [0.25, 0.3) is 0 Å². The first-order chi connectivity index (χ1) is 13.2. The summed E-state index contributed by atoms with van der Waals surface area (Å²) in [5, 5.41) is 13.8. The van der Waals surface area contributed by atoms with E-state index in [9.17, 15) is 0 Å². The van der Waals surface area contributed by atoms with Gasteiger partial charge in [-0.25, -0.2) is 0 Å². The third kappa shape index (κ3) is 8.26. The molecule has 0 radical (unpaired) electrons. The number of rotatable bonds is 11. The molecule has 2 rings (SSSR count). The Balaban J connectivity index is 1.66. The molecule has 1 atom stereocenters. The summed E-state index contributed by atoms with van der Waals surface area (Å²) >= 11 is 0. The maximum atomic E-state index is 5.81. The van der Waals surface area contributed by atoms with Gasteiger partial charge in [0.1, 0.15) is 0 Å². The summed E-state index contributed by atoms with van der Waals surface area (Å²) < 4.78 is 5.81. The Morgan fingerprint density at radius 1 is 1.26 bits per heavy atom. The third-order valence-electron chi connectivity index (χ3n) is 4.27. The van der Waals surface area contributed by atoms with Crippen LogP contribution in [0.3, 0.4) is 0 Å². The lowest BCUT2D eigenvalue weighted by Gasteiger charge is -2.14. The van der Waals surface area contributed by atoms with Gasteiger partial charge in [-0.2, -0.15) is 5.10 Å². The van der Waals surface area contributed by atoms with E-state index in [2.05, 4.69) is 58.7 Å². The highest BCUT2D eigenvalue weighted by atomic mass is 16.5. The Labute approximate surface area is 162 Å². The van der Waals surface area contributed by atoms with Gasteiger partial charge in [0.2, 0.25) is 0 Å². The Bertz CT molecular complexity index is 668. The lowest BCUT2D eigenvalue weighted by atomic mass is 10.1. The number of nitrogens with zero attached hydrogens (tertiary/aromatic N) is 2. The summed E-state index contributed by atoms with van der Waals surface area (Å²) in [7, 11) is 0. The molecule has 0 aliphatic rings. The van der Waals surface area contributed by atoms with Gasteiger partial charge in [-0.05, 0) is 43.7 Å². The number of aromatic nitrogens is 2. The molecule has 0 fully saturated rings. The van der Waals surface area contributed by atoms with Crippen molar-refractivity contribution in [3.63, 3.8) is 0 Å². The quantitative estimate of drug-likeness (QED) is 0.322. The summed E-state index contributed by atoms with van der Waals surface area (Å²) in [6.07, 6.45) is 3.96. The number of hydrogen-bond donors (Lipinski definition) is 3. The van der Waals surface area contributed by atoms with Gasteiger partial charge in [0.15, 0.2) is 5.96 Å². The first-order valence-electron chi connectivity index (χ1n) is 9.81. The average molecular weight is 372 g/mol. The second-order valence-electron chi connectivity index (χ2n) is 6.88. The van der Waals surface area contributed by atoms with E-state index >= 15 is 0 Å². The lowest BCUT2D eigenvalue weighted by molar-refractivity contribution is 0.0945. The molecule has 6 heteroatoms. The van der Waals surface area contributed by atoms with Crippen molar-refractivity contribution in [2.75, 3.05) is 26.2 Å². The molecule has 0 saturated heterocycles. The standard InChI is InChI=1S/C21H33N5O/c1-4-22-21(23-12-8-11-20-14-25-26-18(20)3)24-13-17(2)15-27-16-19-9-6-5-7-10-19/h5-7,9-10,14,17H,4,8,11-13,15-16H2,1-3H3,(H,25,26)(H2,22,23,24). The van der Waals surface area contributed by atoms with E-state index in [1.165, 1.54) is 11.1 Å². The highest BCUT2D eigenvalue weighted by Crippen LogP contribution is 2.05. The number of H-pyrrole nitrogens is 1. The van der Waals surface area contributed by atoms with Gasteiger partial charge in [-0.3, -0.25) is 10.1 Å². The number of aryl methyl sites for hydroxylation is 2. The Morgan fingerprint density at radius 3 is 2.78 bits per heavy atom. The fraction of sp³-hybridized carbons (Fsp3) is 0.524. The summed E-state index contributed by atoms with van der Waals surface area (Å²) in [6.45, 7) is 10.1. The van der Waals surface area contributed by atoms with Crippen LogP contribution < -0.4 is 10.6 Å². The Morgan fingerprint density at radius 2 is 2.07 bits per heavy atom. The zero-order valence-corrected chi connectivity index (χ0v) is 16.8. The van der Waals surface area contributed by atoms with Crippen molar-refractivity contribution >= 4 is 5.96 Å². The molecule has 0 saturated carbocycles. The smallest absolute Gasteiger partial charge is 0.191 e. The number of aromatic amines is 1. The molecule has 27 heavy (non-hydrogen) atoms. The summed E-state index contributed by atoms with van der Waals surface area (Å²) in [5.74, 6) is 1.24. The van der Waals surface area contributed by atoms with Crippen LogP contribution in [0.15, 0.2) is 41.5 Å². The van der Waals surface area contributed by atoms with Crippen molar-refractivity contribution in [3.8, 4) is 0 Å². The molecule has 0 amide bonds. The van der Waals surface area contributed by atoms with E-state index in [4.69, 9.17) is 4.74 Å². The van der Waals surface area contributed by atoms with Crippen molar-refractivity contribution in [1.82, 2.24) is 20.8 Å². The maximum absolute atomic E-state index is 5.81. The van der Waals surface area contributed by atoms with Gasteiger partial charge in [0.05, 0.1) is 19.4 Å². The number of ether oxygens (including phenoxy) is 1. The average Bonchev–Trinajstić information content (AvgIpc) is 3.09. The SMILES string of the molecule is CCNC(=NCC(C)COCc1ccccc1)NCCCc1cn[nH]c1C. The minimum Gasteiger partial charge on any atom is -0.376 e. The van der Waals surface area contributed by atoms with Crippen LogP contribution in [0, 0.1) is 12.8 Å². The fourth-order valence-electron chi connectivity index (χ4n) is 2.71. The highest BCUT2D eigenvalue weighted by molar-refractivity contribution is 5.79. The topological polar surface area (TPSA) is 74.3 Å². The third-order valence-corrected chi connectivity index (χ3v) is 4.27. The van der Waals surface area contributed by atoms with Crippen LogP contribution in [0.5, 0.6) is 0 Å². The van der Waals surface area contributed by atoms with Crippen molar-refractivity contribution < 1.29 is 4.74 Å². The molecular weight excluding hydrogens is 338 g/mol. The van der Waals surface area contributed by atoms with Crippen LogP contribution in [0.1, 0.15) is 37.1 Å². The minimum absolute atomic E-state index is 0.373. The van der Waals surface area contributed by atoms with Crippen molar-refractivity contribution in [1.29, 1.82) is 0 Å². The summed E-state index contributed by atoms with van der Waals surface area (Å²) in [4.78, 5) is 4.69. The molecule has 0 aliphatic heterocycles. The number of guanidine groups is 1. The Kier molecular flexibility index (Phi) is 9.41. The normalized spacial score (nSPS) is 12.8. The zero-order valence-electron chi connectivity index (χ0n) is 16.8. The molecular formula is C21H33N5O. The second-order valence-corrected chi connectivity index (χ2v) is 6.88. The maximum Gasteiger partial charge on any atom is 0.191 e. The van der Waals surface area contributed by atoms with Crippen LogP contribution in [0.25, 0.3) is 0 Å². The van der Waals surface area contributed by atoms with Crippen molar-refractivity contribution in [2.45, 2.75) is 40.2 Å². The first-order valence-corrected chi connectivity index (χ1v) is 9.81. The Hall–Kier alpha value is -2.34. The zero-order chi connectivity index (χ0) is 19.3. The second kappa shape index (κ2) is 12.1. The van der Waals surface area contributed by atoms with Gasteiger partial charge in [-0.1, -0.05) is 37.3 Å². The number of nitrogens with one attached hydrogen (secondary N) is 3. The monoisotopic (exact) mass is 371 g/mol. The lowest BCUT2D eigenvalue weighted by Crippen LogP contribution is -2.38. The van der Waals surface area contributed by atoms with Crippen molar-refractivity contribution in [2.24, 2.45) is 10.9 Å². The van der Waals surface area contributed by atoms with E-state index in [0.717, 1.165) is 44.1 Å². The molecule has 6 nitrogen and oxygen atoms in total. The van der Waals surface area contributed by atoms with Crippen LogP contribution in [-0.4, -0.2) is 42.4 Å². The highest BCUT2D eigenvalue weighted by Gasteiger charge is 2.04. The van der Waals surface area contributed by atoms with E-state index in [-0.39, 0.29) is 0 Å². The number of aliphatic imine (C=N–C) groups is 1. The molecule has 1 aromatic heterocycles. The molecule has 0 spiro atoms. The molecule has 1 aromatic carbocycles. The van der Waals surface area contributed by atoms with E-state index in [1.807, 2.05) is 24.4 Å². The number of hydrogen-bond acceptors (Lipinski definition) is 3. The molecule has 2 aromatic rings. The van der Waals surface area contributed by atoms with Gasteiger partial charge in [-0.15, -0.1) is 0 Å². The molecule has 0 bridgehead atoms. The van der Waals surface area contributed by atoms with E-state index in [1.54, 1.807) is 0 Å². The molecule has 1 heterocycles. The summed E-state index contributed by atoms with van der Waals surface area (Å²) in [5.41, 5.74) is 3.64. The molecule has 1 unspecified atom stereocenters. The predicted molar refractivity (Wildman–Crippen MR) is 111 cm³/mol. The minimum atomic E-state index is 0.373. The predicted octanol–water partition coefficient (Wildman–Crippen LogP) is 3.06. The van der Waals surface area contributed by atoms with Crippen molar-refractivity contribution in [3.05, 3.63) is 53.3 Å². The van der Waals surface area contributed by atoms with Crippen LogP contribution in [-0.2, 0) is 17.8 Å². The van der Waals surface area contributed by atoms with Gasteiger partial charge < -0.3 is 15.4 Å². The van der Waals surface area contributed by atoms with E-state index in [0.29, 0.717) is 19.1 Å². The molecule has 148 valence electrons. The largest absolute Gasteiger partial charge is 0.376 e. The first kappa shape index (κ1) is 21.0. The summed E-state index contributed by atoms with van der Waals surface area (Å²) in [6, 6.07) is 10.3. The number of benzene rings is 1. The van der Waals surface area contributed by atoms with Gasteiger partial charge in [0, 0.05) is 25.3 Å². The fourth-order valence-corrected chi connectivity index (χ4v) is 2.71. The van der Waals surface area contributed by atoms with E-state index < -0.39 is 0 Å². The van der Waals surface area contributed by atoms with Gasteiger partial charge >= 0.3 is 0 Å². The van der Waals surface area contributed by atoms with Crippen LogP contribution in [0.4, 0.5) is 0 Å². The molecule has 0 aliphatic carbocycles.